The molecule has 2 rings (SSSR count). The predicted octanol–water partition coefficient (Wildman–Crippen LogP) is 2.49. The minimum Gasteiger partial charge on any atom is -0.366 e. The van der Waals surface area contributed by atoms with Gasteiger partial charge in [0.1, 0.15) is 5.82 Å². The second-order valence-corrected chi connectivity index (χ2v) is 5.69. The maximum absolute atomic E-state index is 11.1. The smallest absolute Gasteiger partial charge is 0.250 e. The van der Waals surface area contributed by atoms with E-state index in [9.17, 15) is 4.79 Å². The fourth-order valence-electron chi connectivity index (χ4n) is 1.75. The summed E-state index contributed by atoms with van der Waals surface area (Å²) >= 11 is 7.78. The van der Waals surface area contributed by atoms with Crippen molar-refractivity contribution in [3.63, 3.8) is 0 Å². The Hall–Kier alpha value is -1.66. The number of nitrogens with zero attached hydrogens (tertiary/aromatic N) is 3. The lowest BCUT2D eigenvalue weighted by Gasteiger charge is -2.18. The van der Waals surface area contributed by atoms with Gasteiger partial charge in [-0.25, -0.2) is 9.97 Å². The molecule has 0 aromatic carbocycles. The number of hydrogen-bond acceptors (Lipinski definition) is 5. The van der Waals surface area contributed by atoms with Crippen LogP contribution in [0.15, 0.2) is 17.6 Å². The number of carbonyl (C=O) groups excluding carboxylic acids is 1. The quantitative estimate of drug-likeness (QED) is 0.921. The summed E-state index contributed by atoms with van der Waals surface area (Å²) in [7, 11) is 1.88. The van der Waals surface area contributed by atoms with Crippen molar-refractivity contribution in [1.82, 2.24) is 9.97 Å². The van der Waals surface area contributed by atoms with Crippen LogP contribution in [0.3, 0.4) is 0 Å². The van der Waals surface area contributed by atoms with Crippen molar-refractivity contribution >= 4 is 34.7 Å². The molecule has 0 saturated heterocycles. The van der Waals surface area contributed by atoms with Crippen LogP contribution in [0.25, 0.3) is 0 Å². The first-order valence-electron chi connectivity index (χ1n) is 6.11. The maximum Gasteiger partial charge on any atom is 0.250 e. The summed E-state index contributed by atoms with van der Waals surface area (Å²) in [6.45, 7) is 2.69. The van der Waals surface area contributed by atoms with E-state index in [0.29, 0.717) is 22.9 Å². The summed E-state index contributed by atoms with van der Waals surface area (Å²) in [5, 5.41) is 3.53. The van der Waals surface area contributed by atoms with Gasteiger partial charge in [0.05, 0.1) is 27.8 Å². The molecular weight excluding hydrogens is 296 g/mol. The summed E-state index contributed by atoms with van der Waals surface area (Å²) in [5.41, 5.74) is 6.47. The minimum absolute atomic E-state index is 0.300. The van der Waals surface area contributed by atoms with E-state index in [-0.39, 0.29) is 0 Å². The lowest BCUT2D eigenvalue weighted by Crippen LogP contribution is -2.19. The largest absolute Gasteiger partial charge is 0.366 e. The number of nitrogens with two attached hydrogens (primary N) is 1. The number of thiazole rings is 1. The topological polar surface area (TPSA) is 72.1 Å². The summed E-state index contributed by atoms with van der Waals surface area (Å²) < 4.78 is 0. The Bertz CT molecular complexity index is 629. The zero-order chi connectivity index (χ0) is 14.7. The molecule has 0 atom stereocenters. The highest BCUT2D eigenvalue weighted by molar-refractivity contribution is 7.09. The third-order valence-electron chi connectivity index (χ3n) is 2.77. The number of pyridine rings is 1. The standard InChI is InChI=1S/C13H15ClN4OS/c1-3-11-17-9(7-20-11)6-18(2)13-10(14)4-8(5-16-13)12(15)19/h4-5,7H,3,6H2,1-2H3,(H2,15,19). The van der Waals surface area contributed by atoms with Crippen molar-refractivity contribution in [2.24, 2.45) is 5.73 Å². The predicted molar refractivity (Wildman–Crippen MR) is 81.4 cm³/mol. The number of hydrogen-bond donors (Lipinski definition) is 1. The van der Waals surface area contributed by atoms with Gasteiger partial charge in [0.15, 0.2) is 0 Å². The zero-order valence-corrected chi connectivity index (χ0v) is 12.8. The van der Waals surface area contributed by atoms with Crippen LogP contribution in [0.5, 0.6) is 0 Å². The van der Waals surface area contributed by atoms with Crippen LogP contribution in [0.1, 0.15) is 28.0 Å². The fraction of sp³-hybridized carbons (Fsp3) is 0.308. The molecule has 2 aromatic heterocycles. The molecule has 106 valence electrons. The Balaban J connectivity index is 2.16. The van der Waals surface area contributed by atoms with Crippen molar-refractivity contribution in [1.29, 1.82) is 0 Å². The van der Waals surface area contributed by atoms with Crippen LogP contribution in [0.2, 0.25) is 5.02 Å². The molecule has 20 heavy (non-hydrogen) atoms. The molecule has 0 aliphatic carbocycles. The Kier molecular flexibility index (Phi) is 4.57. The minimum atomic E-state index is -0.541. The van der Waals surface area contributed by atoms with Gasteiger partial charge in [-0.2, -0.15) is 0 Å². The van der Waals surface area contributed by atoms with E-state index >= 15 is 0 Å². The number of anilines is 1. The van der Waals surface area contributed by atoms with Crippen LogP contribution >= 0.6 is 22.9 Å². The zero-order valence-electron chi connectivity index (χ0n) is 11.3. The lowest BCUT2D eigenvalue weighted by molar-refractivity contribution is 0.1000. The fourth-order valence-corrected chi connectivity index (χ4v) is 2.79. The Morgan fingerprint density at radius 3 is 2.85 bits per heavy atom. The number of carbonyl (C=O) groups is 1. The van der Waals surface area contributed by atoms with Gasteiger partial charge in [0, 0.05) is 18.6 Å². The summed E-state index contributed by atoms with van der Waals surface area (Å²) in [4.78, 5) is 21.6. The van der Waals surface area contributed by atoms with Gasteiger partial charge in [-0.05, 0) is 12.5 Å². The van der Waals surface area contributed by atoms with Gasteiger partial charge in [0.25, 0.3) is 0 Å². The molecule has 0 aliphatic rings. The molecule has 0 spiro atoms. The maximum atomic E-state index is 11.1. The molecule has 7 heteroatoms. The molecule has 0 unspecified atom stereocenters. The second-order valence-electron chi connectivity index (χ2n) is 4.34. The van der Waals surface area contributed by atoms with Crippen LogP contribution in [-0.4, -0.2) is 22.9 Å². The van der Waals surface area contributed by atoms with Crippen LogP contribution in [0.4, 0.5) is 5.82 Å². The van der Waals surface area contributed by atoms with Crippen LogP contribution in [0, 0.1) is 0 Å². The molecule has 2 heterocycles. The van der Waals surface area contributed by atoms with Crippen molar-refractivity contribution in [3.8, 4) is 0 Å². The number of aromatic nitrogens is 2. The molecule has 0 bridgehead atoms. The van der Waals surface area contributed by atoms with Gasteiger partial charge < -0.3 is 10.6 Å². The molecule has 2 aromatic rings. The first-order chi connectivity index (χ1) is 9.51. The van der Waals surface area contributed by atoms with E-state index in [0.717, 1.165) is 17.1 Å². The average Bonchev–Trinajstić information content (AvgIpc) is 2.85. The van der Waals surface area contributed by atoms with Crippen molar-refractivity contribution in [3.05, 3.63) is 38.9 Å². The van der Waals surface area contributed by atoms with Crippen molar-refractivity contribution in [2.45, 2.75) is 19.9 Å². The molecule has 0 aliphatic heterocycles. The van der Waals surface area contributed by atoms with E-state index < -0.39 is 5.91 Å². The number of aryl methyl sites for hydroxylation is 1. The van der Waals surface area contributed by atoms with E-state index in [1.54, 1.807) is 11.3 Å². The van der Waals surface area contributed by atoms with E-state index in [1.165, 1.54) is 12.3 Å². The van der Waals surface area contributed by atoms with Crippen molar-refractivity contribution < 1.29 is 4.79 Å². The van der Waals surface area contributed by atoms with E-state index in [4.69, 9.17) is 17.3 Å². The third kappa shape index (κ3) is 3.26. The summed E-state index contributed by atoms with van der Waals surface area (Å²) in [6, 6.07) is 1.53. The third-order valence-corrected chi connectivity index (χ3v) is 4.09. The van der Waals surface area contributed by atoms with Gasteiger partial charge >= 0.3 is 0 Å². The van der Waals surface area contributed by atoms with Crippen molar-refractivity contribution in [2.75, 3.05) is 11.9 Å². The molecule has 0 saturated carbocycles. The molecule has 5 nitrogen and oxygen atoms in total. The molecule has 2 N–H and O–H groups in total. The van der Waals surface area contributed by atoms with Gasteiger partial charge in [-0.1, -0.05) is 18.5 Å². The molecule has 0 fully saturated rings. The van der Waals surface area contributed by atoms with Crippen LogP contribution < -0.4 is 10.6 Å². The first-order valence-corrected chi connectivity index (χ1v) is 7.36. The Morgan fingerprint density at radius 1 is 1.55 bits per heavy atom. The number of rotatable bonds is 5. The normalized spacial score (nSPS) is 10.6. The highest BCUT2D eigenvalue weighted by Gasteiger charge is 2.12. The van der Waals surface area contributed by atoms with Gasteiger partial charge in [-0.3, -0.25) is 4.79 Å². The SMILES string of the molecule is CCc1nc(CN(C)c2ncc(C(N)=O)cc2Cl)cs1. The highest BCUT2D eigenvalue weighted by Crippen LogP contribution is 2.24. The highest BCUT2D eigenvalue weighted by atomic mass is 35.5. The number of amides is 1. The first kappa shape index (κ1) is 14.7. The van der Waals surface area contributed by atoms with Gasteiger partial charge in [0.2, 0.25) is 5.91 Å². The molecular formula is C13H15ClN4OS. The molecule has 0 radical (unpaired) electrons. The summed E-state index contributed by atoms with van der Waals surface area (Å²) in [6.07, 6.45) is 2.36. The lowest BCUT2D eigenvalue weighted by atomic mass is 10.2. The number of halogens is 1. The molecule has 1 amide bonds. The second kappa shape index (κ2) is 6.19. The monoisotopic (exact) mass is 310 g/mol. The van der Waals surface area contributed by atoms with Gasteiger partial charge in [-0.15, -0.1) is 11.3 Å². The number of primary amides is 1. The van der Waals surface area contributed by atoms with E-state index in [2.05, 4.69) is 16.9 Å². The Morgan fingerprint density at radius 2 is 2.30 bits per heavy atom. The average molecular weight is 311 g/mol. The van der Waals surface area contributed by atoms with E-state index in [1.807, 2.05) is 17.3 Å². The van der Waals surface area contributed by atoms with Crippen LogP contribution in [-0.2, 0) is 13.0 Å². The Labute approximate surface area is 126 Å². The summed E-state index contributed by atoms with van der Waals surface area (Å²) in [5.74, 6) is 0.0587.